The van der Waals surface area contributed by atoms with Crippen LogP contribution in [-0.4, -0.2) is 49.6 Å². The Morgan fingerprint density at radius 3 is 2.57 bits per heavy atom. The molecule has 0 aliphatic carbocycles. The number of fused-ring (bicyclic) bond motifs is 1. The van der Waals surface area contributed by atoms with E-state index in [0.717, 1.165) is 21.2 Å². The molecule has 5 nitrogen and oxygen atoms in total. The van der Waals surface area contributed by atoms with Gasteiger partial charge in [-0.3, -0.25) is 0 Å². The predicted molar refractivity (Wildman–Crippen MR) is 97.7 cm³/mol. The van der Waals surface area contributed by atoms with Crippen LogP contribution in [0.15, 0.2) is 28.7 Å². The normalized spacial score (nSPS) is 16.9. The van der Waals surface area contributed by atoms with E-state index >= 15 is 0 Å². The van der Waals surface area contributed by atoms with E-state index < -0.39 is 10.0 Å². The molecule has 1 aliphatic heterocycles. The molecule has 124 valence electrons. The Bertz CT molecular complexity index is 836. The van der Waals surface area contributed by atoms with Crippen LogP contribution in [0.25, 0.3) is 10.9 Å². The maximum atomic E-state index is 11.9. The molecular formula is C15H17BrClN3O2S. The molecule has 8 heteroatoms. The Kier molecular flexibility index (Phi) is 4.83. The SMILES string of the molecule is CCS(=O)(=O)N1CCN(c2ccc3cc(Br)cc(Cl)c3n2)CC1. The Morgan fingerprint density at radius 2 is 1.91 bits per heavy atom. The largest absolute Gasteiger partial charge is 0.354 e. The summed E-state index contributed by atoms with van der Waals surface area (Å²) >= 11 is 9.70. The smallest absolute Gasteiger partial charge is 0.213 e. The summed E-state index contributed by atoms with van der Waals surface area (Å²) in [6, 6.07) is 7.74. The minimum absolute atomic E-state index is 0.145. The molecule has 1 aliphatic rings. The fraction of sp³-hybridized carbons (Fsp3) is 0.400. The zero-order chi connectivity index (χ0) is 16.6. The number of piperazine rings is 1. The lowest BCUT2D eigenvalue weighted by atomic mass is 10.2. The highest BCUT2D eigenvalue weighted by atomic mass is 79.9. The Labute approximate surface area is 149 Å². The zero-order valence-electron chi connectivity index (χ0n) is 12.7. The number of pyridine rings is 1. The van der Waals surface area contributed by atoms with Gasteiger partial charge in [0.2, 0.25) is 10.0 Å². The second-order valence-corrected chi connectivity index (χ2v) is 9.00. The number of anilines is 1. The molecule has 0 spiro atoms. The lowest BCUT2D eigenvalue weighted by Crippen LogP contribution is -2.49. The summed E-state index contributed by atoms with van der Waals surface area (Å²) in [6.45, 7) is 3.92. The summed E-state index contributed by atoms with van der Waals surface area (Å²) in [5.41, 5.74) is 0.760. The number of hydrogen-bond donors (Lipinski definition) is 0. The van der Waals surface area contributed by atoms with Crippen molar-refractivity contribution in [1.29, 1.82) is 0 Å². The molecule has 0 saturated carbocycles. The van der Waals surface area contributed by atoms with E-state index in [4.69, 9.17) is 11.6 Å². The first-order chi connectivity index (χ1) is 10.9. The minimum atomic E-state index is -3.11. The fourth-order valence-corrected chi connectivity index (χ4v) is 4.66. The molecule has 3 rings (SSSR count). The van der Waals surface area contributed by atoms with Crippen LogP contribution in [0.3, 0.4) is 0 Å². The van der Waals surface area contributed by atoms with Gasteiger partial charge < -0.3 is 4.90 Å². The topological polar surface area (TPSA) is 53.5 Å². The molecule has 0 N–H and O–H groups in total. The quantitative estimate of drug-likeness (QED) is 0.768. The van der Waals surface area contributed by atoms with E-state index in [0.29, 0.717) is 31.2 Å². The highest BCUT2D eigenvalue weighted by molar-refractivity contribution is 9.10. The van der Waals surface area contributed by atoms with Crippen LogP contribution in [-0.2, 0) is 10.0 Å². The number of nitrogens with zero attached hydrogens (tertiary/aromatic N) is 3. The Morgan fingerprint density at radius 1 is 1.22 bits per heavy atom. The standard InChI is InChI=1S/C15H17BrClN3O2S/c1-2-23(21,22)20-7-5-19(6-8-20)14-4-3-11-9-12(16)10-13(17)15(11)18-14/h3-4,9-10H,2,5-8H2,1H3. The summed E-state index contributed by atoms with van der Waals surface area (Å²) in [7, 11) is -3.11. The van der Waals surface area contributed by atoms with Gasteiger partial charge in [-0.2, -0.15) is 4.31 Å². The van der Waals surface area contributed by atoms with Crippen molar-refractivity contribution in [2.45, 2.75) is 6.92 Å². The molecule has 1 fully saturated rings. The van der Waals surface area contributed by atoms with E-state index in [1.54, 1.807) is 11.2 Å². The summed E-state index contributed by atoms with van der Waals surface area (Å²) in [5.74, 6) is 0.974. The van der Waals surface area contributed by atoms with E-state index in [-0.39, 0.29) is 5.75 Å². The number of aromatic nitrogens is 1. The first kappa shape index (κ1) is 17.0. The summed E-state index contributed by atoms with van der Waals surface area (Å²) in [5, 5.41) is 1.57. The summed E-state index contributed by atoms with van der Waals surface area (Å²) in [6.07, 6.45) is 0. The van der Waals surface area contributed by atoms with Crippen LogP contribution < -0.4 is 4.90 Å². The van der Waals surface area contributed by atoms with Crippen molar-refractivity contribution in [2.75, 3.05) is 36.8 Å². The van der Waals surface area contributed by atoms with Crippen LogP contribution in [0.5, 0.6) is 0 Å². The van der Waals surface area contributed by atoms with Crippen molar-refractivity contribution in [3.8, 4) is 0 Å². The fourth-order valence-electron chi connectivity index (χ4n) is 2.70. The molecular weight excluding hydrogens is 402 g/mol. The number of halogens is 2. The van der Waals surface area contributed by atoms with Gasteiger partial charge in [-0.15, -0.1) is 0 Å². The maximum Gasteiger partial charge on any atom is 0.213 e. The van der Waals surface area contributed by atoms with E-state index in [1.807, 2.05) is 24.3 Å². The van der Waals surface area contributed by atoms with Gasteiger partial charge >= 0.3 is 0 Å². The molecule has 0 amide bonds. The van der Waals surface area contributed by atoms with Crippen molar-refractivity contribution in [2.24, 2.45) is 0 Å². The molecule has 0 bridgehead atoms. The Balaban J connectivity index is 1.83. The number of hydrogen-bond acceptors (Lipinski definition) is 4. The van der Waals surface area contributed by atoms with Crippen LogP contribution in [0.4, 0.5) is 5.82 Å². The van der Waals surface area contributed by atoms with Gasteiger partial charge in [0.05, 0.1) is 16.3 Å². The average molecular weight is 419 g/mol. The average Bonchev–Trinajstić information content (AvgIpc) is 2.54. The van der Waals surface area contributed by atoms with Crippen molar-refractivity contribution in [1.82, 2.24) is 9.29 Å². The maximum absolute atomic E-state index is 11.9. The lowest BCUT2D eigenvalue weighted by Gasteiger charge is -2.34. The highest BCUT2D eigenvalue weighted by Gasteiger charge is 2.26. The molecule has 2 heterocycles. The third-order valence-electron chi connectivity index (χ3n) is 4.02. The van der Waals surface area contributed by atoms with Crippen molar-refractivity contribution < 1.29 is 8.42 Å². The van der Waals surface area contributed by atoms with Gasteiger partial charge in [0.1, 0.15) is 5.82 Å². The van der Waals surface area contributed by atoms with Gasteiger partial charge in [0.25, 0.3) is 0 Å². The first-order valence-electron chi connectivity index (χ1n) is 7.39. The predicted octanol–water partition coefficient (Wildman–Crippen LogP) is 3.12. The monoisotopic (exact) mass is 417 g/mol. The number of benzene rings is 1. The summed E-state index contributed by atoms with van der Waals surface area (Å²) in [4.78, 5) is 6.75. The molecule has 0 atom stereocenters. The molecule has 1 saturated heterocycles. The van der Waals surface area contributed by atoms with Crippen molar-refractivity contribution >= 4 is 54.3 Å². The number of sulfonamides is 1. The van der Waals surface area contributed by atoms with Gasteiger partial charge in [-0.25, -0.2) is 13.4 Å². The van der Waals surface area contributed by atoms with Crippen molar-refractivity contribution in [3.63, 3.8) is 0 Å². The Hall–Kier alpha value is -0.890. The van der Waals surface area contributed by atoms with Crippen LogP contribution in [0.2, 0.25) is 5.02 Å². The second kappa shape index (κ2) is 6.55. The van der Waals surface area contributed by atoms with Crippen molar-refractivity contribution in [3.05, 3.63) is 33.8 Å². The molecule has 1 aromatic carbocycles. The van der Waals surface area contributed by atoms with Gasteiger partial charge in [-0.1, -0.05) is 27.5 Å². The zero-order valence-corrected chi connectivity index (χ0v) is 15.8. The second-order valence-electron chi connectivity index (χ2n) is 5.42. The molecule has 0 unspecified atom stereocenters. The van der Waals surface area contributed by atoms with E-state index in [2.05, 4.69) is 25.8 Å². The first-order valence-corrected chi connectivity index (χ1v) is 10.2. The van der Waals surface area contributed by atoms with E-state index in [1.165, 1.54) is 0 Å². The molecule has 1 aromatic heterocycles. The third kappa shape index (κ3) is 3.47. The van der Waals surface area contributed by atoms with Crippen LogP contribution in [0, 0.1) is 0 Å². The summed E-state index contributed by atoms with van der Waals surface area (Å²) < 4.78 is 26.3. The molecule has 2 aromatic rings. The molecule has 0 radical (unpaired) electrons. The van der Waals surface area contributed by atoms with Gasteiger partial charge in [0.15, 0.2) is 0 Å². The van der Waals surface area contributed by atoms with Gasteiger partial charge in [0, 0.05) is 36.0 Å². The van der Waals surface area contributed by atoms with Crippen LogP contribution >= 0.6 is 27.5 Å². The number of rotatable bonds is 3. The highest BCUT2D eigenvalue weighted by Crippen LogP contribution is 2.29. The lowest BCUT2D eigenvalue weighted by molar-refractivity contribution is 0.384. The minimum Gasteiger partial charge on any atom is -0.354 e. The van der Waals surface area contributed by atoms with Crippen LogP contribution in [0.1, 0.15) is 6.92 Å². The third-order valence-corrected chi connectivity index (χ3v) is 6.64. The molecule has 23 heavy (non-hydrogen) atoms. The van der Waals surface area contributed by atoms with Gasteiger partial charge in [-0.05, 0) is 31.2 Å². The van der Waals surface area contributed by atoms with E-state index in [9.17, 15) is 8.42 Å².